The number of allylic oxidation sites excluding steroid dienone is 1. The van der Waals surface area contributed by atoms with Gasteiger partial charge in [-0.25, -0.2) is 0 Å². The van der Waals surface area contributed by atoms with Gasteiger partial charge >= 0.3 is 0 Å². The summed E-state index contributed by atoms with van der Waals surface area (Å²) in [6.07, 6.45) is 4.54. The zero-order valence-corrected chi connectivity index (χ0v) is 11.6. The zero-order valence-electron chi connectivity index (χ0n) is 11.6. The van der Waals surface area contributed by atoms with Crippen LogP contribution in [0.15, 0.2) is 60.8 Å². The molecule has 0 amide bonds. The average molecular weight is 291 g/mol. The first-order valence-electron chi connectivity index (χ1n) is 6.73. The van der Waals surface area contributed by atoms with Gasteiger partial charge in [0.15, 0.2) is 17.3 Å². The Bertz CT molecular complexity index is 884. The molecule has 0 saturated heterocycles. The summed E-state index contributed by atoms with van der Waals surface area (Å²) in [7, 11) is 0. The fourth-order valence-electron chi connectivity index (χ4n) is 2.12. The molecule has 22 heavy (non-hydrogen) atoms. The second-order valence-electron chi connectivity index (χ2n) is 4.86. The topological polar surface area (TPSA) is 70.4 Å². The maximum absolute atomic E-state index is 12.2. The molecule has 1 heterocycles. The number of aromatic hydroxyl groups is 2. The molecule has 3 aromatic rings. The van der Waals surface area contributed by atoms with Crippen LogP contribution in [0.25, 0.3) is 17.0 Å². The summed E-state index contributed by atoms with van der Waals surface area (Å²) in [5, 5.41) is 19.6. The SMILES string of the molecule is O=C(C=Cc1ccc(O)c(O)c1)c1cnc2ccccc2c1. The van der Waals surface area contributed by atoms with Crippen LogP contribution in [0.3, 0.4) is 0 Å². The summed E-state index contributed by atoms with van der Waals surface area (Å²) < 4.78 is 0. The number of pyridine rings is 1. The normalized spacial score (nSPS) is 11.1. The lowest BCUT2D eigenvalue weighted by atomic mass is 10.1. The smallest absolute Gasteiger partial charge is 0.187 e. The highest BCUT2D eigenvalue weighted by molar-refractivity contribution is 6.08. The molecular formula is C18H13NO3. The first kappa shape index (κ1) is 13.8. The Labute approximate surface area is 127 Å². The molecule has 0 saturated carbocycles. The van der Waals surface area contributed by atoms with Crippen molar-refractivity contribution in [1.29, 1.82) is 0 Å². The van der Waals surface area contributed by atoms with Gasteiger partial charge < -0.3 is 10.2 Å². The van der Waals surface area contributed by atoms with Crippen molar-refractivity contribution in [3.63, 3.8) is 0 Å². The molecule has 0 aliphatic rings. The molecule has 108 valence electrons. The lowest BCUT2D eigenvalue weighted by Gasteiger charge is -2.00. The van der Waals surface area contributed by atoms with Crippen molar-refractivity contribution in [3.05, 3.63) is 71.9 Å². The molecule has 4 heteroatoms. The van der Waals surface area contributed by atoms with Crippen LogP contribution in [0.4, 0.5) is 0 Å². The van der Waals surface area contributed by atoms with E-state index in [0.717, 1.165) is 10.9 Å². The lowest BCUT2D eigenvalue weighted by Crippen LogP contribution is -1.95. The first-order chi connectivity index (χ1) is 10.6. The summed E-state index contributed by atoms with van der Waals surface area (Å²) >= 11 is 0. The molecule has 0 fully saturated rings. The van der Waals surface area contributed by atoms with E-state index in [9.17, 15) is 15.0 Å². The maximum atomic E-state index is 12.2. The van der Waals surface area contributed by atoms with E-state index in [1.54, 1.807) is 24.4 Å². The Kier molecular flexibility index (Phi) is 3.58. The number of fused-ring (bicyclic) bond motifs is 1. The minimum atomic E-state index is -0.220. The number of phenols is 2. The van der Waals surface area contributed by atoms with E-state index in [4.69, 9.17) is 0 Å². The number of hydrogen-bond acceptors (Lipinski definition) is 4. The molecule has 1 aromatic heterocycles. The van der Waals surface area contributed by atoms with Gasteiger partial charge in [-0.2, -0.15) is 0 Å². The van der Waals surface area contributed by atoms with Crippen molar-refractivity contribution >= 4 is 22.8 Å². The number of ketones is 1. The maximum Gasteiger partial charge on any atom is 0.187 e. The molecule has 0 spiro atoms. The summed E-state index contributed by atoms with van der Waals surface area (Å²) in [5.41, 5.74) is 1.96. The van der Waals surface area contributed by atoms with Crippen molar-refractivity contribution < 1.29 is 15.0 Å². The fraction of sp³-hybridized carbons (Fsp3) is 0. The van der Waals surface area contributed by atoms with Gasteiger partial charge in [-0.15, -0.1) is 0 Å². The molecule has 0 unspecified atom stereocenters. The molecule has 2 aromatic carbocycles. The number of benzene rings is 2. The molecule has 2 N–H and O–H groups in total. The standard InChI is InChI=1S/C18H13NO3/c20-16(7-5-12-6-8-17(21)18(22)9-12)14-10-13-3-1-2-4-15(13)19-11-14/h1-11,21-22H. The summed E-state index contributed by atoms with van der Waals surface area (Å²) in [4.78, 5) is 16.4. The third-order valence-electron chi connectivity index (χ3n) is 3.30. The van der Waals surface area contributed by atoms with Gasteiger partial charge in [0.2, 0.25) is 0 Å². The van der Waals surface area contributed by atoms with Crippen LogP contribution in [0.2, 0.25) is 0 Å². The van der Waals surface area contributed by atoms with Gasteiger partial charge in [0.1, 0.15) is 0 Å². The minimum absolute atomic E-state index is 0.175. The highest BCUT2D eigenvalue weighted by atomic mass is 16.3. The molecule has 0 aliphatic heterocycles. The number of phenolic OH excluding ortho intramolecular Hbond substituents is 2. The molecule has 0 bridgehead atoms. The van der Waals surface area contributed by atoms with Crippen LogP contribution in [-0.4, -0.2) is 21.0 Å². The van der Waals surface area contributed by atoms with Crippen molar-refractivity contribution in [2.24, 2.45) is 0 Å². The molecule has 0 aliphatic carbocycles. The van der Waals surface area contributed by atoms with Crippen molar-refractivity contribution in [2.45, 2.75) is 0 Å². The molecule has 0 atom stereocenters. The van der Waals surface area contributed by atoms with Crippen molar-refractivity contribution in [3.8, 4) is 11.5 Å². The second kappa shape index (κ2) is 5.69. The van der Waals surface area contributed by atoms with Gasteiger partial charge in [0.05, 0.1) is 5.52 Å². The van der Waals surface area contributed by atoms with E-state index in [1.807, 2.05) is 24.3 Å². The Balaban J connectivity index is 1.85. The number of nitrogens with zero attached hydrogens (tertiary/aromatic N) is 1. The van der Waals surface area contributed by atoms with Gasteiger partial charge in [-0.1, -0.05) is 30.3 Å². The van der Waals surface area contributed by atoms with Crippen LogP contribution < -0.4 is 0 Å². The Morgan fingerprint density at radius 3 is 2.64 bits per heavy atom. The molecule has 4 nitrogen and oxygen atoms in total. The highest BCUT2D eigenvalue weighted by Crippen LogP contribution is 2.25. The van der Waals surface area contributed by atoms with Crippen LogP contribution >= 0.6 is 0 Å². The highest BCUT2D eigenvalue weighted by Gasteiger charge is 2.04. The fourth-order valence-corrected chi connectivity index (χ4v) is 2.12. The van der Waals surface area contributed by atoms with Crippen molar-refractivity contribution in [2.75, 3.05) is 0 Å². The molecule has 3 rings (SSSR count). The zero-order chi connectivity index (χ0) is 15.5. The van der Waals surface area contributed by atoms with Gasteiger partial charge in [-0.05, 0) is 35.9 Å². The number of para-hydroxylation sites is 1. The van der Waals surface area contributed by atoms with E-state index in [0.29, 0.717) is 11.1 Å². The van der Waals surface area contributed by atoms with Gasteiger partial charge in [-0.3, -0.25) is 9.78 Å². The molecular weight excluding hydrogens is 278 g/mol. The van der Waals surface area contributed by atoms with E-state index < -0.39 is 0 Å². The predicted octanol–water partition coefficient (Wildman–Crippen LogP) is 3.54. The monoisotopic (exact) mass is 291 g/mol. The van der Waals surface area contributed by atoms with Crippen LogP contribution in [0, 0.1) is 0 Å². The number of rotatable bonds is 3. The van der Waals surface area contributed by atoms with E-state index in [1.165, 1.54) is 18.2 Å². The Hall–Kier alpha value is -3.14. The largest absolute Gasteiger partial charge is 0.504 e. The second-order valence-corrected chi connectivity index (χ2v) is 4.86. The average Bonchev–Trinajstić information content (AvgIpc) is 2.55. The third kappa shape index (κ3) is 2.81. The van der Waals surface area contributed by atoms with Crippen LogP contribution in [0.5, 0.6) is 11.5 Å². The Morgan fingerprint density at radius 1 is 1.00 bits per heavy atom. The minimum Gasteiger partial charge on any atom is -0.504 e. The number of aromatic nitrogens is 1. The Morgan fingerprint density at radius 2 is 1.82 bits per heavy atom. The quantitative estimate of drug-likeness (QED) is 0.440. The lowest BCUT2D eigenvalue weighted by molar-refractivity contribution is 0.104. The van der Waals surface area contributed by atoms with E-state index in [2.05, 4.69) is 4.98 Å². The van der Waals surface area contributed by atoms with E-state index in [-0.39, 0.29) is 17.3 Å². The predicted molar refractivity (Wildman–Crippen MR) is 84.9 cm³/mol. The third-order valence-corrected chi connectivity index (χ3v) is 3.30. The van der Waals surface area contributed by atoms with E-state index >= 15 is 0 Å². The van der Waals surface area contributed by atoms with Gasteiger partial charge in [0.25, 0.3) is 0 Å². The number of carbonyl (C=O) groups excluding carboxylic acids is 1. The van der Waals surface area contributed by atoms with Crippen molar-refractivity contribution in [1.82, 2.24) is 4.98 Å². The van der Waals surface area contributed by atoms with Crippen LogP contribution in [0.1, 0.15) is 15.9 Å². The summed E-state index contributed by atoms with van der Waals surface area (Å²) in [6.45, 7) is 0. The summed E-state index contributed by atoms with van der Waals surface area (Å²) in [6, 6.07) is 13.7. The summed E-state index contributed by atoms with van der Waals surface area (Å²) in [5.74, 6) is -0.588. The van der Waals surface area contributed by atoms with Crippen LogP contribution in [-0.2, 0) is 0 Å². The molecule has 0 radical (unpaired) electrons. The first-order valence-corrected chi connectivity index (χ1v) is 6.73. The number of hydrogen-bond donors (Lipinski definition) is 2. The number of carbonyl (C=O) groups is 1. The van der Waals surface area contributed by atoms with Gasteiger partial charge in [0, 0.05) is 17.1 Å².